The molecule has 2 aromatic rings. The van der Waals surface area contributed by atoms with Crippen molar-refractivity contribution in [2.24, 2.45) is 11.7 Å². The van der Waals surface area contributed by atoms with Gasteiger partial charge in [0.2, 0.25) is 0 Å². The van der Waals surface area contributed by atoms with E-state index in [-0.39, 0.29) is 12.2 Å². The van der Waals surface area contributed by atoms with Gasteiger partial charge in [-0.3, -0.25) is 0 Å². The molecule has 144 valence electrons. The van der Waals surface area contributed by atoms with Gasteiger partial charge in [0, 0.05) is 32.2 Å². The van der Waals surface area contributed by atoms with Gasteiger partial charge in [0.15, 0.2) is 0 Å². The second kappa shape index (κ2) is 7.47. The summed E-state index contributed by atoms with van der Waals surface area (Å²) in [4.78, 5) is 4.86. The van der Waals surface area contributed by atoms with Crippen LogP contribution in [-0.2, 0) is 4.74 Å². The van der Waals surface area contributed by atoms with Crippen LogP contribution in [0.3, 0.4) is 0 Å². The van der Waals surface area contributed by atoms with Gasteiger partial charge in [-0.1, -0.05) is 6.92 Å². The Morgan fingerprint density at radius 2 is 2.11 bits per heavy atom. The number of nitriles is 1. The van der Waals surface area contributed by atoms with Crippen LogP contribution in [0.15, 0.2) is 24.4 Å². The lowest BCUT2D eigenvalue weighted by Gasteiger charge is -2.42. The summed E-state index contributed by atoms with van der Waals surface area (Å²) < 4.78 is 7.97. The van der Waals surface area contributed by atoms with Gasteiger partial charge in [0.1, 0.15) is 11.8 Å². The molecule has 2 N–H and O–H groups in total. The van der Waals surface area contributed by atoms with Crippen LogP contribution < -0.4 is 10.6 Å². The maximum Gasteiger partial charge on any atom is 0.142 e. The van der Waals surface area contributed by atoms with Gasteiger partial charge in [-0.05, 0) is 44.0 Å². The van der Waals surface area contributed by atoms with Crippen LogP contribution in [-0.4, -0.2) is 65.5 Å². The Morgan fingerprint density at radius 3 is 2.89 bits per heavy atom. The van der Waals surface area contributed by atoms with Crippen molar-refractivity contribution in [3.8, 4) is 6.07 Å². The molecular formula is C20H28N6O. The average Bonchev–Trinajstić information content (AvgIpc) is 3.13. The van der Waals surface area contributed by atoms with E-state index in [1.165, 1.54) is 0 Å². The highest BCUT2D eigenvalue weighted by molar-refractivity contribution is 5.74. The second-order valence-electron chi connectivity index (χ2n) is 8.01. The van der Waals surface area contributed by atoms with Gasteiger partial charge in [-0.2, -0.15) is 10.4 Å². The molecule has 2 saturated heterocycles. The van der Waals surface area contributed by atoms with Crippen LogP contribution in [0.25, 0.3) is 5.52 Å². The Balaban J connectivity index is 1.51. The predicted octanol–water partition coefficient (Wildman–Crippen LogP) is 1.47. The minimum absolute atomic E-state index is 0.159. The number of rotatable bonds is 3. The third kappa shape index (κ3) is 3.65. The summed E-state index contributed by atoms with van der Waals surface area (Å²) in [6, 6.07) is 8.37. The molecule has 2 aromatic heterocycles. The van der Waals surface area contributed by atoms with Gasteiger partial charge >= 0.3 is 0 Å². The first-order valence-electron chi connectivity index (χ1n) is 9.80. The lowest BCUT2D eigenvalue weighted by atomic mass is 9.94. The van der Waals surface area contributed by atoms with Crippen molar-refractivity contribution in [3.63, 3.8) is 0 Å². The van der Waals surface area contributed by atoms with Gasteiger partial charge in [0.25, 0.3) is 0 Å². The van der Waals surface area contributed by atoms with E-state index in [1.807, 2.05) is 18.2 Å². The molecule has 27 heavy (non-hydrogen) atoms. The van der Waals surface area contributed by atoms with Crippen LogP contribution in [0.4, 0.5) is 5.69 Å². The summed E-state index contributed by atoms with van der Waals surface area (Å²) in [7, 11) is 0. The molecule has 0 bridgehead atoms. The molecule has 0 aliphatic carbocycles. The molecule has 0 aromatic carbocycles. The Kier molecular flexibility index (Phi) is 5.04. The number of likely N-dealkylation sites (tertiary alicyclic amines) is 1. The number of anilines is 1. The molecular weight excluding hydrogens is 340 g/mol. The first-order valence-corrected chi connectivity index (χ1v) is 9.80. The van der Waals surface area contributed by atoms with Crippen molar-refractivity contribution in [2.75, 3.05) is 37.6 Å². The highest BCUT2D eigenvalue weighted by Crippen LogP contribution is 2.27. The summed E-state index contributed by atoms with van der Waals surface area (Å²) in [5.41, 5.74) is 8.80. The predicted molar refractivity (Wildman–Crippen MR) is 105 cm³/mol. The van der Waals surface area contributed by atoms with E-state index in [1.54, 1.807) is 10.7 Å². The molecule has 0 amide bonds. The third-order valence-corrected chi connectivity index (χ3v) is 5.83. The molecule has 4 atom stereocenters. The van der Waals surface area contributed by atoms with Crippen LogP contribution in [0, 0.1) is 17.2 Å². The average molecular weight is 368 g/mol. The molecule has 7 heteroatoms. The van der Waals surface area contributed by atoms with Crippen LogP contribution in [0.1, 0.15) is 26.0 Å². The molecule has 0 radical (unpaired) electrons. The first kappa shape index (κ1) is 18.2. The zero-order valence-electron chi connectivity index (χ0n) is 16.1. The van der Waals surface area contributed by atoms with Gasteiger partial charge in [-0.15, -0.1) is 0 Å². The topological polar surface area (TPSA) is 82.8 Å². The van der Waals surface area contributed by atoms with E-state index in [9.17, 15) is 5.26 Å². The molecule has 2 fully saturated rings. The standard InChI is InChI=1S/C20H28N6O/c1-14-10-24(8-6-18(14)22)12-17-13-25(11-15(2)27-17)19-4-3-16(9-21)26-20(19)5-7-23-26/h3-5,7,14-15,17-18H,6,8,10-13,22H2,1-2H3/t14-,15-,17+,18+/m1/s1. The summed E-state index contributed by atoms with van der Waals surface area (Å²) in [6.45, 7) is 9.07. The normalized spacial score (nSPS) is 29.8. The van der Waals surface area contributed by atoms with Crippen LogP contribution in [0.5, 0.6) is 0 Å². The Morgan fingerprint density at radius 1 is 1.26 bits per heavy atom. The molecule has 0 spiro atoms. The number of ether oxygens (including phenoxy) is 1. The van der Waals surface area contributed by atoms with Crippen LogP contribution in [0.2, 0.25) is 0 Å². The number of pyridine rings is 1. The summed E-state index contributed by atoms with van der Waals surface area (Å²) in [5, 5.41) is 13.6. The second-order valence-corrected chi connectivity index (χ2v) is 8.01. The SMILES string of the molecule is C[C@@H]1CN(c2ccc(C#N)n3nccc23)C[C@H](CN2CC[C@H](N)[C@H](C)C2)O1. The molecule has 0 unspecified atom stereocenters. The molecule has 2 aliphatic rings. The monoisotopic (exact) mass is 368 g/mol. The number of hydrogen-bond donors (Lipinski definition) is 1. The van der Waals surface area contributed by atoms with Crippen molar-refractivity contribution < 1.29 is 4.74 Å². The number of nitrogens with zero attached hydrogens (tertiary/aromatic N) is 5. The fourth-order valence-corrected chi connectivity index (χ4v) is 4.40. The molecule has 4 heterocycles. The zero-order valence-corrected chi connectivity index (χ0v) is 16.1. The van der Waals surface area contributed by atoms with E-state index in [0.29, 0.717) is 17.7 Å². The number of nitrogens with two attached hydrogens (primary N) is 1. The molecule has 0 saturated carbocycles. The van der Waals surface area contributed by atoms with Crippen molar-refractivity contribution in [1.29, 1.82) is 5.26 Å². The maximum absolute atomic E-state index is 9.30. The summed E-state index contributed by atoms with van der Waals surface area (Å²) >= 11 is 0. The molecule has 4 rings (SSSR count). The van der Waals surface area contributed by atoms with Crippen LogP contribution >= 0.6 is 0 Å². The first-order chi connectivity index (χ1) is 13.0. The zero-order chi connectivity index (χ0) is 19.0. The number of morpholine rings is 1. The van der Waals surface area contributed by atoms with E-state index in [2.05, 4.69) is 34.8 Å². The lowest BCUT2D eigenvalue weighted by Crippen LogP contribution is -2.54. The number of piperidine rings is 1. The minimum Gasteiger partial charge on any atom is -0.370 e. The van der Waals surface area contributed by atoms with E-state index in [4.69, 9.17) is 10.5 Å². The van der Waals surface area contributed by atoms with E-state index < -0.39 is 0 Å². The highest BCUT2D eigenvalue weighted by Gasteiger charge is 2.30. The fraction of sp³-hybridized carbons (Fsp3) is 0.600. The third-order valence-electron chi connectivity index (χ3n) is 5.83. The van der Waals surface area contributed by atoms with Gasteiger partial charge < -0.3 is 20.3 Å². The Bertz CT molecular complexity index is 843. The van der Waals surface area contributed by atoms with Crippen molar-refractivity contribution in [3.05, 3.63) is 30.1 Å². The van der Waals surface area contributed by atoms with Crippen molar-refractivity contribution >= 4 is 11.2 Å². The Hall–Kier alpha value is -2.14. The molecule has 2 aliphatic heterocycles. The van der Waals surface area contributed by atoms with E-state index >= 15 is 0 Å². The number of fused-ring (bicyclic) bond motifs is 1. The fourth-order valence-electron chi connectivity index (χ4n) is 4.40. The summed E-state index contributed by atoms with van der Waals surface area (Å²) in [5.74, 6) is 0.529. The van der Waals surface area contributed by atoms with Gasteiger partial charge in [-0.25, -0.2) is 4.52 Å². The number of hydrogen-bond acceptors (Lipinski definition) is 6. The molecule has 7 nitrogen and oxygen atoms in total. The Labute approximate surface area is 160 Å². The highest BCUT2D eigenvalue weighted by atomic mass is 16.5. The number of aromatic nitrogens is 2. The minimum atomic E-state index is 0.159. The summed E-state index contributed by atoms with van der Waals surface area (Å²) in [6.07, 6.45) is 3.12. The maximum atomic E-state index is 9.30. The van der Waals surface area contributed by atoms with E-state index in [0.717, 1.165) is 50.3 Å². The quantitative estimate of drug-likeness (QED) is 0.883. The smallest absolute Gasteiger partial charge is 0.142 e. The van der Waals surface area contributed by atoms with Crippen molar-refractivity contribution in [1.82, 2.24) is 14.5 Å². The van der Waals surface area contributed by atoms with Crippen molar-refractivity contribution in [2.45, 2.75) is 38.5 Å². The lowest BCUT2D eigenvalue weighted by molar-refractivity contribution is -0.0375. The largest absolute Gasteiger partial charge is 0.370 e. The van der Waals surface area contributed by atoms with Gasteiger partial charge in [0.05, 0.1) is 29.6 Å².